The third-order valence-electron chi connectivity index (χ3n) is 2.75. The topological polar surface area (TPSA) is 42.4 Å². The zero-order chi connectivity index (χ0) is 13.8. The fraction of sp³-hybridized carbons (Fsp3) is 0.214. The highest BCUT2D eigenvalue weighted by Gasteiger charge is 2.15. The van der Waals surface area contributed by atoms with Gasteiger partial charge in [-0.1, -0.05) is 23.7 Å². The summed E-state index contributed by atoms with van der Waals surface area (Å²) in [5.41, 5.74) is 0.694. The third kappa shape index (κ3) is 3.22. The van der Waals surface area contributed by atoms with Crippen LogP contribution in [0.5, 0.6) is 5.88 Å². The Morgan fingerprint density at radius 3 is 2.74 bits per heavy atom. The summed E-state index contributed by atoms with van der Waals surface area (Å²) in [6.07, 6.45) is -0.879. The maximum absolute atomic E-state index is 13.6. The number of aromatic nitrogens is 1. The highest BCUT2D eigenvalue weighted by atomic mass is 35.5. The molecule has 0 spiro atoms. The van der Waals surface area contributed by atoms with Crippen molar-refractivity contribution in [2.24, 2.45) is 0 Å². The fourth-order valence-electron chi connectivity index (χ4n) is 1.76. The van der Waals surface area contributed by atoms with Gasteiger partial charge < -0.3 is 9.84 Å². The quantitative estimate of drug-likeness (QED) is 0.936. The second kappa shape index (κ2) is 5.99. The molecule has 0 saturated heterocycles. The Bertz CT molecular complexity index is 557. The molecule has 0 aliphatic heterocycles. The van der Waals surface area contributed by atoms with Gasteiger partial charge in [0.1, 0.15) is 11.9 Å². The van der Waals surface area contributed by atoms with Crippen molar-refractivity contribution in [1.82, 2.24) is 4.98 Å². The van der Waals surface area contributed by atoms with Gasteiger partial charge in [-0.25, -0.2) is 9.37 Å². The molecule has 0 aliphatic carbocycles. The molecule has 0 aliphatic rings. The molecule has 1 N–H and O–H groups in total. The van der Waals surface area contributed by atoms with Crippen LogP contribution in [0.2, 0.25) is 5.02 Å². The molecule has 2 aromatic rings. The molecular formula is C14H13ClFNO2. The van der Waals surface area contributed by atoms with Crippen LogP contribution >= 0.6 is 11.6 Å². The molecule has 0 radical (unpaired) electrons. The molecule has 0 amide bonds. The Morgan fingerprint density at radius 1 is 1.32 bits per heavy atom. The third-order valence-corrected chi connectivity index (χ3v) is 3.11. The Kier molecular flexibility index (Phi) is 4.35. The summed E-state index contributed by atoms with van der Waals surface area (Å²) in [5, 5.41) is 10.4. The van der Waals surface area contributed by atoms with Gasteiger partial charge in [0, 0.05) is 23.1 Å². The zero-order valence-corrected chi connectivity index (χ0v) is 11.1. The number of pyridine rings is 1. The molecule has 1 heterocycles. The van der Waals surface area contributed by atoms with Gasteiger partial charge in [0.05, 0.1) is 12.8 Å². The lowest BCUT2D eigenvalue weighted by atomic mass is 10.0. The van der Waals surface area contributed by atoms with Crippen molar-refractivity contribution in [3.63, 3.8) is 0 Å². The van der Waals surface area contributed by atoms with E-state index in [0.717, 1.165) is 0 Å². The smallest absolute Gasteiger partial charge is 0.213 e. The number of benzene rings is 1. The van der Waals surface area contributed by atoms with Crippen LogP contribution in [-0.2, 0) is 6.42 Å². The minimum absolute atomic E-state index is 0.0612. The lowest BCUT2D eigenvalue weighted by molar-refractivity contribution is 0.171. The molecule has 0 fully saturated rings. The standard InChI is InChI=1S/C14H13ClFNO2/c1-19-14-7-3-6-12(17-14)13(18)8-9-10(15)4-2-5-11(9)16/h2-7,13,18H,8H2,1H3. The first-order chi connectivity index (χ1) is 9.11. The number of halogens is 2. The molecule has 1 atom stereocenters. The van der Waals surface area contributed by atoms with Crippen LogP contribution in [0.1, 0.15) is 17.4 Å². The maximum atomic E-state index is 13.6. The minimum Gasteiger partial charge on any atom is -0.481 e. The van der Waals surface area contributed by atoms with Crippen LogP contribution in [0.25, 0.3) is 0 Å². The van der Waals surface area contributed by atoms with Gasteiger partial charge in [0.15, 0.2) is 0 Å². The number of rotatable bonds is 4. The van der Waals surface area contributed by atoms with E-state index >= 15 is 0 Å². The van der Waals surface area contributed by atoms with Crippen molar-refractivity contribution in [2.75, 3.05) is 7.11 Å². The Morgan fingerprint density at radius 2 is 2.05 bits per heavy atom. The van der Waals surface area contributed by atoms with E-state index in [1.807, 2.05) is 0 Å². The summed E-state index contributed by atoms with van der Waals surface area (Å²) in [6.45, 7) is 0. The molecule has 100 valence electrons. The summed E-state index contributed by atoms with van der Waals surface area (Å²) in [5.74, 6) is -0.0365. The molecule has 0 saturated carbocycles. The second-order valence-electron chi connectivity index (χ2n) is 4.02. The van der Waals surface area contributed by atoms with Crippen molar-refractivity contribution in [1.29, 1.82) is 0 Å². The van der Waals surface area contributed by atoms with Crippen LogP contribution < -0.4 is 4.74 Å². The molecule has 5 heteroatoms. The fourth-order valence-corrected chi connectivity index (χ4v) is 2.00. The van der Waals surface area contributed by atoms with E-state index in [1.165, 1.54) is 19.2 Å². The van der Waals surface area contributed by atoms with Crippen molar-refractivity contribution >= 4 is 11.6 Å². The van der Waals surface area contributed by atoms with Crippen LogP contribution in [-0.4, -0.2) is 17.2 Å². The monoisotopic (exact) mass is 281 g/mol. The van der Waals surface area contributed by atoms with Crippen LogP contribution in [0.3, 0.4) is 0 Å². The molecule has 19 heavy (non-hydrogen) atoms. The molecular weight excluding hydrogens is 269 g/mol. The number of nitrogens with zero attached hydrogens (tertiary/aromatic N) is 1. The number of ether oxygens (including phenoxy) is 1. The van der Waals surface area contributed by atoms with Gasteiger partial charge in [-0.15, -0.1) is 0 Å². The van der Waals surface area contributed by atoms with Crippen molar-refractivity contribution < 1.29 is 14.2 Å². The summed E-state index contributed by atoms with van der Waals surface area (Å²) < 4.78 is 18.6. The normalized spacial score (nSPS) is 12.2. The zero-order valence-electron chi connectivity index (χ0n) is 10.3. The summed E-state index contributed by atoms with van der Waals surface area (Å²) >= 11 is 5.92. The summed E-state index contributed by atoms with van der Waals surface area (Å²) in [6, 6.07) is 9.47. The molecule has 2 rings (SSSR count). The Labute approximate surface area is 115 Å². The second-order valence-corrected chi connectivity index (χ2v) is 4.43. The Hall–Kier alpha value is -1.65. The van der Waals surface area contributed by atoms with Crippen LogP contribution in [0.4, 0.5) is 4.39 Å². The average molecular weight is 282 g/mol. The lowest BCUT2D eigenvalue weighted by Crippen LogP contribution is -2.06. The van der Waals surface area contributed by atoms with E-state index in [2.05, 4.69) is 4.98 Å². The predicted molar refractivity (Wildman–Crippen MR) is 70.9 cm³/mol. The van der Waals surface area contributed by atoms with E-state index in [1.54, 1.807) is 24.3 Å². The van der Waals surface area contributed by atoms with E-state index in [9.17, 15) is 9.50 Å². The van der Waals surface area contributed by atoms with Crippen molar-refractivity contribution in [3.8, 4) is 5.88 Å². The highest BCUT2D eigenvalue weighted by Crippen LogP contribution is 2.25. The number of hydrogen-bond acceptors (Lipinski definition) is 3. The van der Waals surface area contributed by atoms with Gasteiger partial charge in [-0.05, 0) is 18.2 Å². The molecule has 1 unspecified atom stereocenters. The highest BCUT2D eigenvalue weighted by molar-refractivity contribution is 6.31. The largest absolute Gasteiger partial charge is 0.481 e. The number of aliphatic hydroxyl groups is 1. The molecule has 1 aromatic heterocycles. The molecule has 3 nitrogen and oxygen atoms in total. The van der Waals surface area contributed by atoms with Gasteiger partial charge in [0.2, 0.25) is 5.88 Å². The minimum atomic E-state index is -0.940. The lowest BCUT2D eigenvalue weighted by Gasteiger charge is -2.12. The summed E-state index contributed by atoms with van der Waals surface area (Å²) in [7, 11) is 1.49. The Balaban J connectivity index is 2.23. The van der Waals surface area contributed by atoms with E-state index in [4.69, 9.17) is 16.3 Å². The number of aliphatic hydroxyl groups excluding tert-OH is 1. The number of hydrogen-bond donors (Lipinski definition) is 1. The van der Waals surface area contributed by atoms with Crippen molar-refractivity contribution in [3.05, 3.63) is 58.5 Å². The maximum Gasteiger partial charge on any atom is 0.213 e. The average Bonchev–Trinajstić information content (AvgIpc) is 2.43. The van der Waals surface area contributed by atoms with Gasteiger partial charge in [0.25, 0.3) is 0 Å². The first-order valence-corrected chi connectivity index (χ1v) is 6.11. The number of methoxy groups -OCH3 is 1. The summed E-state index contributed by atoms with van der Waals surface area (Å²) in [4.78, 5) is 4.11. The SMILES string of the molecule is COc1cccc(C(O)Cc2c(F)cccc2Cl)n1. The van der Waals surface area contributed by atoms with Crippen molar-refractivity contribution in [2.45, 2.75) is 12.5 Å². The van der Waals surface area contributed by atoms with E-state index in [0.29, 0.717) is 16.6 Å². The molecule has 0 bridgehead atoms. The van der Waals surface area contributed by atoms with Gasteiger partial charge >= 0.3 is 0 Å². The van der Waals surface area contributed by atoms with Gasteiger partial charge in [-0.2, -0.15) is 0 Å². The van der Waals surface area contributed by atoms with E-state index < -0.39 is 11.9 Å². The van der Waals surface area contributed by atoms with Crippen LogP contribution in [0, 0.1) is 5.82 Å². The van der Waals surface area contributed by atoms with E-state index in [-0.39, 0.29) is 12.0 Å². The van der Waals surface area contributed by atoms with Gasteiger partial charge in [-0.3, -0.25) is 0 Å². The first-order valence-electron chi connectivity index (χ1n) is 5.73. The predicted octanol–water partition coefficient (Wildman–Crippen LogP) is 3.16. The molecule has 1 aromatic carbocycles. The van der Waals surface area contributed by atoms with Crippen LogP contribution in [0.15, 0.2) is 36.4 Å². The first kappa shape index (κ1) is 13.8.